The Balaban J connectivity index is 2.53. The first-order valence-electron chi connectivity index (χ1n) is 4.50. The molecule has 0 aromatic heterocycles. The topological polar surface area (TPSA) is 90.1 Å². The molecule has 16 heavy (non-hydrogen) atoms. The van der Waals surface area contributed by atoms with E-state index >= 15 is 0 Å². The number of hydrogen-bond acceptors (Lipinski definition) is 4. The van der Waals surface area contributed by atoms with Crippen molar-refractivity contribution in [2.24, 2.45) is 4.99 Å². The molecule has 0 saturated heterocycles. The highest BCUT2D eigenvalue weighted by Crippen LogP contribution is 2.39. The Labute approximate surface area is 95.6 Å². The van der Waals surface area contributed by atoms with Crippen LogP contribution in [0.1, 0.15) is 11.1 Å². The number of hydrogen-bond donors (Lipinski definition) is 3. The lowest BCUT2D eigenvalue weighted by atomic mass is 9.97. The van der Waals surface area contributed by atoms with E-state index in [0.717, 1.165) is 0 Å². The van der Waals surface area contributed by atoms with Gasteiger partial charge in [0.1, 0.15) is 0 Å². The van der Waals surface area contributed by atoms with E-state index in [-0.39, 0.29) is 17.2 Å². The zero-order valence-corrected chi connectivity index (χ0v) is 8.77. The van der Waals surface area contributed by atoms with Crippen LogP contribution in [-0.4, -0.2) is 33.5 Å². The van der Waals surface area contributed by atoms with Crippen LogP contribution in [0.2, 0.25) is 5.02 Å². The van der Waals surface area contributed by atoms with Gasteiger partial charge in [0, 0.05) is 18.2 Å². The van der Waals surface area contributed by atoms with E-state index in [4.69, 9.17) is 16.7 Å². The van der Waals surface area contributed by atoms with Crippen molar-refractivity contribution in [2.45, 2.75) is 12.5 Å². The second-order valence-corrected chi connectivity index (χ2v) is 3.84. The predicted octanol–water partition coefficient (Wildman–Crippen LogP) is 1.18. The van der Waals surface area contributed by atoms with E-state index in [9.17, 15) is 15.0 Å². The average Bonchev–Trinajstić information content (AvgIpc) is 2.25. The van der Waals surface area contributed by atoms with E-state index < -0.39 is 17.8 Å². The Morgan fingerprint density at radius 3 is 2.81 bits per heavy atom. The molecule has 0 spiro atoms. The number of phenolic OH excluding ortho intramolecular Hbond substituents is 2. The van der Waals surface area contributed by atoms with Gasteiger partial charge in [-0.3, -0.25) is 4.99 Å². The number of aliphatic carboxylic acids is 1. The summed E-state index contributed by atoms with van der Waals surface area (Å²) in [6, 6.07) is 0.409. The van der Waals surface area contributed by atoms with Crippen molar-refractivity contribution < 1.29 is 20.1 Å². The zero-order chi connectivity index (χ0) is 11.9. The molecular weight excluding hydrogens is 234 g/mol. The first kappa shape index (κ1) is 10.8. The molecule has 0 radical (unpaired) electrons. The number of fused-ring (bicyclic) bond motifs is 1. The van der Waals surface area contributed by atoms with Crippen LogP contribution in [0.4, 0.5) is 0 Å². The summed E-state index contributed by atoms with van der Waals surface area (Å²) in [6.07, 6.45) is 1.44. The molecule has 3 N–H and O–H groups in total. The molecule has 2 rings (SSSR count). The molecule has 84 valence electrons. The first-order chi connectivity index (χ1) is 7.50. The summed E-state index contributed by atoms with van der Waals surface area (Å²) in [5.41, 5.74) is 1.01. The number of rotatable bonds is 1. The fraction of sp³-hybridized carbons (Fsp3) is 0.200. The van der Waals surface area contributed by atoms with Gasteiger partial charge in [-0.05, 0) is 11.6 Å². The number of phenols is 2. The van der Waals surface area contributed by atoms with Gasteiger partial charge < -0.3 is 15.3 Å². The summed E-state index contributed by atoms with van der Waals surface area (Å²) >= 11 is 5.82. The Morgan fingerprint density at radius 1 is 1.50 bits per heavy atom. The fourth-order valence-corrected chi connectivity index (χ4v) is 1.86. The molecule has 1 aliphatic rings. The van der Waals surface area contributed by atoms with Gasteiger partial charge in [-0.25, -0.2) is 4.79 Å². The van der Waals surface area contributed by atoms with Crippen molar-refractivity contribution in [3.63, 3.8) is 0 Å². The maximum absolute atomic E-state index is 10.8. The molecule has 0 amide bonds. The number of carboxylic acids is 1. The summed E-state index contributed by atoms with van der Waals surface area (Å²) in [4.78, 5) is 14.6. The third-order valence-electron chi connectivity index (χ3n) is 2.43. The fourth-order valence-electron chi connectivity index (χ4n) is 1.57. The normalized spacial score (nSPS) is 18.2. The SMILES string of the molecule is O=C(O)C1Cc2c(cc(O)c(O)c2Cl)C=N1. The van der Waals surface area contributed by atoms with Gasteiger partial charge in [-0.15, -0.1) is 0 Å². The monoisotopic (exact) mass is 241 g/mol. The van der Waals surface area contributed by atoms with Crippen molar-refractivity contribution in [2.75, 3.05) is 0 Å². The van der Waals surface area contributed by atoms with Crippen LogP contribution in [-0.2, 0) is 11.2 Å². The molecule has 1 aromatic rings. The van der Waals surface area contributed by atoms with Crippen molar-refractivity contribution in [1.82, 2.24) is 0 Å². The number of carboxylic acid groups (broad SMARTS) is 1. The van der Waals surface area contributed by atoms with Gasteiger partial charge in [0.2, 0.25) is 0 Å². The lowest BCUT2D eigenvalue weighted by Crippen LogP contribution is -2.24. The van der Waals surface area contributed by atoms with Crippen LogP contribution < -0.4 is 0 Å². The second kappa shape index (κ2) is 3.68. The summed E-state index contributed by atoms with van der Waals surface area (Å²) < 4.78 is 0. The molecule has 6 heteroatoms. The molecule has 1 atom stereocenters. The maximum atomic E-state index is 10.8. The van der Waals surface area contributed by atoms with Crippen LogP contribution in [0, 0.1) is 0 Å². The highest BCUT2D eigenvalue weighted by Gasteiger charge is 2.25. The van der Waals surface area contributed by atoms with E-state index in [1.165, 1.54) is 12.3 Å². The highest BCUT2D eigenvalue weighted by molar-refractivity contribution is 6.33. The minimum absolute atomic E-state index is 0.0209. The third-order valence-corrected chi connectivity index (χ3v) is 2.84. The molecule has 0 aliphatic carbocycles. The smallest absolute Gasteiger partial charge is 0.328 e. The summed E-state index contributed by atoms with van der Waals surface area (Å²) in [6.45, 7) is 0. The Hall–Kier alpha value is -1.75. The lowest BCUT2D eigenvalue weighted by Gasteiger charge is -2.17. The molecular formula is C10H8ClNO4. The van der Waals surface area contributed by atoms with Crippen LogP contribution in [0.3, 0.4) is 0 Å². The number of carbonyl (C=O) groups is 1. The number of benzene rings is 1. The van der Waals surface area contributed by atoms with Crippen molar-refractivity contribution in [3.8, 4) is 11.5 Å². The van der Waals surface area contributed by atoms with Crippen LogP contribution >= 0.6 is 11.6 Å². The van der Waals surface area contributed by atoms with Gasteiger partial charge in [-0.1, -0.05) is 11.6 Å². The summed E-state index contributed by atoms with van der Waals surface area (Å²) in [7, 11) is 0. The maximum Gasteiger partial charge on any atom is 0.328 e. The van der Waals surface area contributed by atoms with E-state index in [1.54, 1.807) is 0 Å². The number of halogens is 1. The lowest BCUT2D eigenvalue weighted by molar-refractivity contribution is -0.138. The molecule has 1 aromatic carbocycles. The first-order valence-corrected chi connectivity index (χ1v) is 4.87. The van der Waals surface area contributed by atoms with Crippen LogP contribution in [0.25, 0.3) is 0 Å². The highest BCUT2D eigenvalue weighted by atomic mass is 35.5. The minimum Gasteiger partial charge on any atom is -0.504 e. The zero-order valence-electron chi connectivity index (χ0n) is 8.01. The van der Waals surface area contributed by atoms with E-state index in [2.05, 4.69) is 4.99 Å². The van der Waals surface area contributed by atoms with Crippen molar-refractivity contribution >= 4 is 23.8 Å². The Bertz CT molecular complexity index is 498. The van der Waals surface area contributed by atoms with Crippen molar-refractivity contribution in [3.05, 3.63) is 22.2 Å². The number of aliphatic imine (C=N–C) groups is 1. The molecule has 0 saturated carbocycles. The van der Waals surface area contributed by atoms with Gasteiger partial charge in [0.05, 0.1) is 5.02 Å². The van der Waals surface area contributed by atoms with Gasteiger partial charge in [0.15, 0.2) is 17.5 Å². The van der Waals surface area contributed by atoms with Gasteiger partial charge >= 0.3 is 5.97 Å². The minimum atomic E-state index is -1.05. The van der Waals surface area contributed by atoms with Crippen LogP contribution in [0.15, 0.2) is 11.1 Å². The Kier molecular flexibility index (Phi) is 2.47. The largest absolute Gasteiger partial charge is 0.504 e. The molecule has 5 nitrogen and oxygen atoms in total. The van der Waals surface area contributed by atoms with Crippen molar-refractivity contribution in [1.29, 1.82) is 0 Å². The molecule has 0 bridgehead atoms. The second-order valence-electron chi connectivity index (χ2n) is 3.46. The molecule has 1 aliphatic heterocycles. The standard InChI is InChI=1S/C10H8ClNO4/c11-8-5-2-6(10(15)16)12-3-4(5)1-7(13)9(8)14/h1,3,6,13-14H,2H2,(H,15,16). The van der Waals surface area contributed by atoms with Gasteiger partial charge in [-0.2, -0.15) is 0 Å². The molecule has 0 fully saturated rings. The third kappa shape index (κ3) is 1.59. The molecule has 1 unspecified atom stereocenters. The van der Waals surface area contributed by atoms with Crippen LogP contribution in [0.5, 0.6) is 11.5 Å². The summed E-state index contributed by atoms with van der Waals surface area (Å²) in [5.74, 6) is -1.82. The molecule has 1 heterocycles. The number of aromatic hydroxyl groups is 2. The average molecular weight is 242 g/mol. The number of nitrogens with zero attached hydrogens (tertiary/aromatic N) is 1. The van der Waals surface area contributed by atoms with Gasteiger partial charge in [0.25, 0.3) is 0 Å². The summed E-state index contributed by atoms with van der Waals surface area (Å²) in [5, 5.41) is 27.5. The van der Waals surface area contributed by atoms with E-state index in [1.807, 2.05) is 0 Å². The quantitative estimate of drug-likeness (QED) is 0.644. The Morgan fingerprint density at radius 2 is 2.19 bits per heavy atom. The van der Waals surface area contributed by atoms with E-state index in [0.29, 0.717) is 11.1 Å². The predicted molar refractivity (Wildman–Crippen MR) is 57.5 cm³/mol.